The van der Waals surface area contributed by atoms with E-state index in [1.165, 1.54) is 45.3 Å². The molecule has 0 saturated carbocycles. The smallest absolute Gasteiger partial charge is 0.00222 e. The van der Waals surface area contributed by atoms with Crippen LogP contribution in [0.4, 0.5) is 0 Å². The summed E-state index contributed by atoms with van der Waals surface area (Å²) >= 11 is 0. The molecule has 88 valence electrons. The Morgan fingerprint density at radius 1 is 1.14 bits per heavy atom. The average molecular weight is 243 g/mol. The first-order valence-electron chi connectivity index (χ1n) is 5.14. The highest BCUT2D eigenvalue weighted by Crippen LogP contribution is 2.17. The first-order valence-corrected chi connectivity index (χ1v) is 5.14. The van der Waals surface area contributed by atoms with E-state index in [0.29, 0.717) is 0 Å². The second kappa shape index (κ2) is 10.0. The summed E-state index contributed by atoms with van der Waals surface area (Å²) in [6.45, 7) is 3.72. The first-order chi connectivity index (χ1) is 5.79. The Morgan fingerprint density at radius 2 is 1.86 bits per heavy atom. The number of halogens is 2. The van der Waals surface area contributed by atoms with Crippen molar-refractivity contribution in [3.8, 4) is 0 Å². The predicted octanol–water partition coefficient (Wildman–Crippen LogP) is 2.17. The predicted molar refractivity (Wildman–Crippen MR) is 67.9 cm³/mol. The van der Waals surface area contributed by atoms with Gasteiger partial charge in [0.1, 0.15) is 0 Å². The van der Waals surface area contributed by atoms with E-state index < -0.39 is 0 Å². The molecule has 0 amide bonds. The van der Waals surface area contributed by atoms with Crippen LogP contribution in [0.2, 0.25) is 0 Å². The molecule has 0 spiro atoms. The molecule has 1 aliphatic heterocycles. The zero-order valence-electron chi connectivity index (χ0n) is 9.29. The van der Waals surface area contributed by atoms with E-state index in [-0.39, 0.29) is 24.8 Å². The number of rotatable bonds is 3. The average Bonchev–Trinajstić information content (AvgIpc) is 2.28. The van der Waals surface area contributed by atoms with Gasteiger partial charge >= 0.3 is 0 Å². The minimum atomic E-state index is 0. The monoisotopic (exact) mass is 242 g/mol. The zero-order valence-corrected chi connectivity index (χ0v) is 10.9. The number of hydrogen-bond acceptors (Lipinski definition) is 2. The van der Waals surface area contributed by atoms with Gasteiger partial charge in [0.15, 0.2) is 0 Å². The molecule has 1 fully saturated rings. The molecular weight excluding hydrogens is 219 g/mol. The van der Waals surface area contributed by atoms with Gasteiger partial charge in [-0.05, 0) is 65.3 Å². The van der Waals surface area contributed by atoms with Crippen LogP contribution in [-0.2, 0) is 0 Å². The Balaban J connectivity index is 0. The maximum Gasteiger partial charge on any atom is -0.00222 e. The van der Waals surface area contributed by atoms with Crippen molar-refractivity contribution in [3.05, 3.63) is 0 Å². The van der Waals surface area contributed by atoms with Crippen LogP contribution in [-0.4, -0.2) is 38.6 Å². The van der Waals surface area contributed by atoms with Crippen LogP contribution >= 0.6 is 24.8 Å². The van der Waals surface area contributed by atoms with Crippen molar-refractivity contribution in [2.24, 2.45) is 5.92 Å². The normalized spacial score (nSPS) is 22.1. The second-order valence-corrected chi connectivity index (χ2v) is 4.14. The summed E-state index contributed by atoms with van der Waals surface area (Å²) in [5, 5.41) is 3.45. The molecule has 0 aromatic carbocycles. The molecule has 1 aliphatic rings. The van der Waals surface area contributed by atoms with Crippen molar-refractivity contribution >= 4 is 24.8 Å². The lowest BCUT2D eigenvalue weighted by molar-refractivity contribution is 0.334. The van der Waals surface area contributed by atoms with Crippen LogP contribution in [0.15, 0.2) is 0 Å². The SMILES string of the molecule is CN(C)CCC1CCCNCC1.Cl.Cl. The molecule has 1 atom stereocenters. The van der Waals surface area contributed by atoms with Crippen molar-refractivity contribution in [1.29, 1.82) is 0 Å². The van der Waals surface area contributed by atoms with Crippen LogP contribution < -0.4 is 5.32 Å². The fourth-order valence-corrected chi connectivity index (χ4v) is 1.82. The van der Waals surface area contributed by atoms with E-state index in [2.05, 4.69) is 24.3 Å². The summed E-state index contributed by atoms with van der Waals surface area (Å²) in [4.78, 5) is 2.29. The molecule has 0 aromatic rings. The second-order valence-electron chi connectivity index (χ2n) is 4.14. The molecule has 0 aliphatic carbocycles. The van der Waals surface area contributed by atoms with Crippen molar-refractivity contribution in [3.63, 3.8) is 0 Å². The highest BCUT2D eigenvalue weighted by atomic mass is 35.5. The minimum Gasteiger partial charge on any atom is -0.317 e. The Bertz CT molecular complexity index is 113. The van der Waals surface area contributed by atoms with E-state index in [1.54, 1.807) is 0 Å². The topological polar surface area (TPSA) is 15.3 Å². The third-order valence-corrected chi connectivity index (χ3v) is 2.68. The number of hydrogen-bond donors (Lipinski definition) is 1. The molecular formula is C10H24Cl2N2. The molecule has 4 heteroatoms. The highest BCUT2D eigenvalue weighted by molar-refractivity contribution is 5.85. The summed E-state index contributed by atoms with van der Waals surface area (Å²) in [7, 11) is 4.32. The van der Waals surface area contributed by atoms with E-state index in [1.807, 2.05) is 0 Å². The maximum absolute atomic E-state index is 3.45. The molecule has 1 rings (SSSR count). The Kier molecular flexibility index (Phi) is 12.1. The highest BCUT2D eigenvalue weighted by Gasteiger charge is 2.11. The van der Waals surface area contributed by atoms with E-state index >= 15 is 0 Å². The van der Waals surface area contributed by atoms with Gasteiger partial charge in [0.25, 0.3) is 0 Å². The zero-order chi connectivity index (χ0) is 8.81. The standard InChI is InChI=1S/C10H22N2.2ClH/c1-12(2)9-6-10-4-3-7-11-8-5-10;;/h10-11H,3-9H2,1-2H3;2*1H. The first kappa shape index (κ1) is 16.9. The summed E-state index contributed by atoms with van der Waals surface area (Å²) in [6.07, 6.45) is 5.57. The van der Waals surface area contributed by atoms with Crippen molar-refractivity contribution in [2.75, 3.05) is 33.7 Å². The summed E-state index contributed by atoms with van der Waals surface area (Å²) in [6, 6.07) is 0. The van der Waals surface area contributed by atoms with Gasteiger partial charge in [-0.25, -0.2) is 0 Å². The molecule has 2 nitrogen and oxygen atoms in total. The van der Waals surface area contributed by atoms with Crippen LogP contribution in [0, 0.1) is 5.92 Å². The molecule has 0 radical (unpaired) electrons. The van der Waals surface area contributed by atoms with Gasteiger partial charge in [-0.2, -0.15) is 0 Å². The van der Waals surface area contributed by atoms with Crippen LogP contribution in [0.5, 0.6) is 0 Å². The molecule has 0 bridgehead atoms. The Labute approximate surface area is 101 Å². The Morgan fingerprint density at radius 3 is 2.50 bits per heavy atom. The van der Waals surface area contributed by atoms with Gasteiger partial charge in [0.05, 0.1) is 0 Å². The largest absolute Gasteiger partial charge is 0.317 e. The molecule has 1 unspecified atom stereocenters. The molecule has 14 heavy (non-hydrogen) atoms. The van der Waals surface area contributed by atoms with Crippen molar-refractivity contribution < 1.29 is 0 Å². The lowest BCUT2D eigenvalue weighted by Gasteiger charge is -2.16. The van der Waals surface area contributed by atoms with Crippen LogP contribution in [0.1, 0.15) is 25.7 Å². The number of nitrogens with one attached hydrogen (secondary N) is 1. The molecule has 1 N–H and O–H groups in total. The third kappa shape index (κ3) is 7.86. The van der Waals surface area contributed by atoms with Gasteiger partial charge in [-0.15, -0.1) is 24.8 Å². The van der Waals surface area contributed by atoms with Crippen molar-refractivity contribution in [1.82, 2.24) is 10.2 Å². The van der Waals surface area contributed by atoms with Gasteiger partial charge in [-0.1, -0.05) is 0 Å². The van der Waals surface area contributed by atoms with E-state index in [4.69, 9.17) is 0 Å². The van der Waals surface area contributed by atoms with Crippen molar-refractivity contribution in [2.45, 2.75) is 25.7 Å². The van der Waals surface area contributed by atoms with Crippen LogP contribution in [0.3, 0.4) is 0 Å². The quantitative estimate of drug-likeness (QED) is 0.817. The van der Waals surface area contributed by atoms with Gasteiger partial charge in [-0.3, -0.25) is 0 Å². The number of nitrogens with zero attached hydrogens (tertiary/aromatic N) is 1. The Hall–Kier alpha value is 0.500. The van der Waals surface area contributed by atoms with E-state index in [0.717, 1.165) is 5.92 Å². The lowest BCUT2D eigenvalue weighted by atomic mass is 9.97. The van der Waals surface area contributed by atoms with Gasteiger partial charge < -0.3 is 10.2 Å². The molecule has 0 aromatic heterocycles. The fraction of sp³-hybridized carbons (Fsp3) is 1.00. The minimum absolute atomic E-state index is 0. The van der Waals surface area contributed by atoms with E-state index in [9.17, 15) is 0 Å². The molecule has 1 heterocycles. The third-order valence-electron chi connectivity index (χ3n) is 2.68. The summed E-state index contributed by atoms with van der Waals surface area (Å²) in [5.74, 6) is 0.974. The fourth-order valence-electron chi connectivity index (χ4n) is 1.82. The van der Waals surface area contributed by atoms with Gasteiger partial charge in [0, 0.05) is 0 Å². The van der Waals surface area contributed by atoms with Crippen LogP contribution in [0.25, 0.3) is 0 Å². The summed E-state index contributed by atoms with van der Waals surface area (Å²) < 4.78 is 0. The maximum atomic E-state index is 3.45. The molecule has 1 saturated heterocycles. The summed E-state index contributed by atoms with van der Waals surface area (Å²) in [5.41, 5.74) is 0. The lowest BCUT2D eigenvalue weighted by Crippen LogP contribution is -2.18. The van der Waals surface area contributed by atoms with Gasteiger partial charge in [0.2, 0.25) is 0 Å².